The highest BCUT2D eigenvalue weighted by Gasteiger charge is 2.41. The minimum atomic E-state index is -0.212. The topological polar surface area (TPSA) is 66.5 Å². The van der Waals surface area contributed by atoms with E-state index < -0.39 is 0 Å². The van der Waals surface area contributed by atoms with Crippen molar-refractivity contribution in [2.24, 2.45) is 0 Å². The van der Waals surface area contributed by atoms with Crippen LogP contribution in [0.1, 0.15) is 36.0 Å². The highest BCUT2D eigenvalue weighted by Crippen LogP contribution is 2.30. The first-order chi connectivity index (χ1) is 10.7. The van der Waals surface area contributed by atoms with E-state index in [1.165, 1.54) is 4.90 Å². The molecule has 116 valence electrons. The van der Waals surface area contributed by atoms with Gasteiger partial charge in [0.1, 0.15) is 0 Å². The summed E-state index contributed by atoms with van der Waals surface area (Å²) in [4.78, 5) is 37.6. The molecule has 22 heavy (non-hydrogen) atoms. The van der Waals surface area contributed by atoms with Crippen molar-refractivity contribution in [2.45, 2.75) is 37.8 Å². The second kappa shape index (κ2) is 6.52. The minimum absolute atomic E-state index is 0.138. The van der Waals surface area contributed by atoms with Gasteiger partial charge in [0.05, 0.1) is 17.8 Å². The van der Waals surface area contributed by atoms with Gasteiger partial charge in [0.2, 0.25) is 5.91 Å². The molecule has 0 radical (unpaired) electrons. The Kier molecular flexibility index (Phi) is 4.47. The summed E-state index contributed by atoms with van der Waals surface area (Å²) >= 11 is 1.05. The Labute approximate surface area is 133 Å². The Bertz CT molecular complexity index is 574. The zero-order chi connectivity index (χ0) is 15.5. The van der Waals surface area contributed by atoms with Gasteiger partial charge in [0.25, 0.3) is 11.1 Å². The second-order valence-electron chi connectivity index (χ2n) is 5.62. The number of hydrogen-bond acceptors (Lipinski definition) is 4. The average Bonchev–Trinajstić information content (AvgIpc) is 2.88. The lowest BCUT2D eigenvalue weighted by molar-refractivity contribution is -0.127. The molecule has 1 N–H and O–H groups in total. The molecule has 2 aliphatic rings. The number of amides is 3. The van der Waals surface area contributed by atoms with Gasteiger partial charge in [-0.3, -0.25) is 19.3 Å². The van der Waals surface area contributed by atoms with Crippen LogP contribution in [-0.2, 0) is 4.79 Å². The molecule has 0 spiro atoms. The predicted molar refractivity (Wildman–Crippen MR) is 84.7 cm³/mol. The quantitative estimate of drug-likeness (QED) is 0.929. The Balaban J connectivity index is 1.74. The lowest BCUT2D eigenvalue weighted by atomic mass is 9.89. The Morgan fingerprint density at radius 3 is 2.55 bits per heavy atom. The van der Waals surface area contributed by atoms with E-state index in [0.29, 0.717) is 5.56 Å². The van der Waals surface area contributed by atoms with E-state index in [0.717, 1.165) is 37.4 Å². The largest absolute Gasteiger partial charge is 0.347 e. The number of nitrogens with one attached hydrogen (secondary N) is 1. The second-order valence-corrected chi connectivity index (χ2v) is 6.54. The highest BCUT2D eigenvalue weighted by atomic mass is 32.2. The molecule has 5 nitrogen and oxygen atoms in total. The Morgan fingerprint density at radius 1 is 1.14 bits per heavy atom. The van der Waals surface area contributed by atoms with Crippen LogP contribution in [0.5, 0.6) is 0 Å². The van der Waals surface area contributed by atoms with E-state index in [4.69, 9.17) is 0 Å². The van der Waals surface area contributed by atoms with Crippen LogP contribution in [0.15, 0.2) is 30.3 Å². The highest BCUT2D eigenvalue weighted by molar-refractivity contribution is 8.14. The molecule has 3 amide bonds. The summed E-state index contributed by atoms with van der Waals surface area (Å²) in [6.45, 7) is 0. The third-order valence-electron chi connectivity index (χ3n) is 4.20. The summed E-state index contributed by atoms with van der Waals surface area (Å²) in [5, 5.41) is 2.82. The summed E-state index contributed by atoms with van der Waals surface area (Å²) in [5.74, 6) is -0.0700. The van der Waals surface area contributed by atoms with E-state index in [-0.39, 0.29) is 34.9 Å². The maximum atomic E-state index is 12.3. The van der Waals surface area contributed by atoms with Crippen molar-refractivity contribution in [2.75, 3.05) is 5.75 Å². The summed E-state index contributed by atoms with van der Waals surface area (Å²) in [7, 11) is 0. The number of rotatable bonds is 3. The van der Waals surface area contributed by atoms with Crippen molar-refractivity contribution in [3.8, 4) is 0 Å². The van der Waals surface area contributed by atoms with Gasteiger partial charge in [0.15, 0.2) is 0 Å². The zero-order valence-corrected chi connectivity index (χ0v) is 13.0. The van der Waals surface area contributed by atoms with E-state index in [9.17, 15) is 14.4 Å². The van der Waals surface area contributed by atoms with Crippen LogP contribution in [-0.4, -0.2) is 39.8 Å². The molecular weight excluding hydrogens is 300 g/mol. The minimum Gasteiger partial charge on any atom is -0.347 e. The monoisotopic (exact) mass is 318 g/mol. The van der Waals surface area contributed by atoms with Crippen LogP contribution in [0.4, 0.5) is 4.79 Å². The van der Waals surface area contributed by atoms with Crippen molar-refractivity contribution in [1.29, 1.82) is 0 Å². The molecule has 3 rings (SSSR count). The molecule has 1 aliphatic carbocycles. The van der Waals surface area contributed by atoms with Gasteiger partial charge in [-0.15, -0.1) is 0 Å². The number of benzene rings is 1. The normalized spacial score (nSPS) is 25.4. The molecule has 1 aromatic rings. The van der Waals surface area contributed by atoms with Gasteiger partial charge in [-0.05, 0) is 25.0 Å². The van der Waals surface area contributed by atoms with Crippen LogP contribution >= 0.6 is 11.8 Å². The summed E-state index contributed by atoms with van der Waals surface area (Å²) < 4.78 is 0. The Hall–Kier alpha value is -1.82. The van der Waals surface area contributed by atoms with Crippen molar-refractivity contribution < 1.29 is 14.4 Å². The maximum Gasteiger partial charge on any atom is 0.289 e. The molecule has 1 aliphatic heterocycles. The molecule has 1 saturated heterocycles. The first-order valence-electron chi connectivity index (χ1n) is 7.51. The SMILES string of the molecule is O=C(NC1CCCCC1N1C(=O)CSC1=O)c1ccccc1. The Morgan fingerprint density at radius 2 is 1.86 bits per heavy atom. The van der Waals surface area contributed by atoms with Gasteiger partial charge in [-0.2, -0.15) is 0 Å². The van der Waals surface area contributed by atoms with Gasteiger partial charge >= 0.3 is 0 Å². The van der Waals surface area contributed by atoms with E-state index >= 15 is 0 Å². The fraction of sp³-hybridized carbons (Fsp3) is 0.438. The first-order valence-corrected chi connectivity index (χ1v) is 8.50. The molecule has 0 bridgehead atoms. The standard InChI is InChI=1S/C16H18N2O3S/c19-14-10-22-16(21)18(14)13-9-5-4-8-12(13)17-15(20)11-6-2-1-3-7-11/h1-3,6-7,12-13H,4-5,8-10H2,(H,17,20). The van der Waals surface area contributed by atoms with Crippen LogP contribution in [0.3, 0.4) is 0 Å². The number of imide groups is 1. The van der Waals surface area contributed by atoms with Crippen LogP contribution in [0.25, 0.3) is 0 Å². The fourth-order valence-corrected chi connectivity index (χ4v) is 3.88. The molecule has 1 saturated carbocycles. The van der Waals surface area contributed by atoms with Crippen molar-refractivity contribution in [3.63, 3.8) is 0 Å². The van der Waals surface area contributed by atoms with Crippen molar-refractivity contribution in [1.82, 2.24) is 10.2 Å². The van der Waals surface area contributed by atoms with Crippen molar-refractivity contribution in [3.05, 3.63) is 35.9 Å². The summed E-state index contributed by atoms with van der Waals surface area (Å²) in [6.07, 6.45) is 3.53. The van der Waals surface area contributed by atoms with E-state index in [2.05, 4.69) is 5.32 Å². The van der Waals surface area contributed by atoms with E-state index in [1.54, 1.807) is 12.1 Å². The molecule has 1 heterocycles. The number of carbonyl (C=O) groups is 3. The molecule has 6 heteroatoms. The maximum absolute atomic E-state index is 12.3. The molecule has 2 atom stereocenters. The lowest BCUT2D eigenvalue weighted by Crippen LogP contribution is -2.54. The lowest BCUT2D eigenvalue weighted by Gasteiger charge is -2.36. The average molecular weight is 318 g/mol. The van der Waals surface area contributed by atoms with Crippen LogP contribution in [0, 0.1) is 0 Å². The molecule has 0 aromatic heterocycles. The van der Waals surface area contributed by atoms with Gasteiger partial charge in [0, 0.05) is 5.56 Å². The smallest absolute Gasteiger partial charge is 0.289 e. The van der Waals surface area contributed by atoms with Gasteiger partial charge in [-0.1, -0.05) is 42.8 Å². The number of nitrogens with zero attached hydrogens (tertiary/aromatic N) is 1. The van der Waals surface area contributed by atoms with Crippen LogP contribution in [0.2, 0.25) is 0 Å². The number of carbonyl (C=O) groups excluding carboxylic acids is 3. The first kappa shape index (κ1) is 15.1. The number of thioether (sulfide) groups is 1. The van der Waals surface area contributed by atoms with E-state index in [1.807, 2.05) is 18.2 Å². The number of hydrogen-bond donors (Lipinski definition) is 1. The third kappa shape index (κ3) is 3.02. The molecule has 2 unspecified atom stereocenters. The molecule has 1 aromatic carbocycles. The summed E-state index contributed by atoms with van der Waals surface area (Å²) in [5.41, 5.74) is 0.597. The zero-order valence-electron chi connectivity index (χ0n) is 12.2. The van der Waals surface area contributed by atoms with Crippen LogP contribution < -0.4 is 5.32 Å². The van der Waals surface area contributed by atoms with Gasteiger partial charge in [-0.25, -0.2) is 0 Å². The molecular formula is C16H18N2O3S. The van der Waals surface area contributed by atoms with Gasteiger partial charge < -0.3 is 5.32 Å². The molecule has 2 fully saturated rings. The summed E-state index contributed by atoms with van der Waals surface area (Å²) in [6, 6.07) is 8.64. The fourth-order valence-electron chi connectivity index (χ4n) is 3.11. The third-order valence-corrected chi connectivity index (χ3v) is 5.03. The van der Waals surface area contributed by atoms with Crippen molar-refractivity contribution >= 4 is 28.8 Å². The predicted octanol–water partition coefficient (Wildman–Crippen LogP) is 2.42.